The van der Waals surface area contributed by atoms with Crippen LogP contribution in [-0.4, -0.2) is 35.0 Å². The van der Waals surface area contributed by atoms with E-state index in [1.54, 1.807) is 23.2 Å². The molecule has 1 fully saturated rings. The number of hydrogen-bond donors (Lipinski definition) is 2. The first-order valence-electron chi connectivity index (χ1n) is 5.81. The lowest BCUT2D eigenvalue weighted by Crippen LogP contribution is -2.51. The van der Waals surface area contributed by atoms with Crippen LogP contribution in [0.2, 0.25) is 0 Å². The van der Waals surface area contributed by atoms with Crippen LogP contribution in [0.15, 0.2) is 18.3 Å². The molecule has 1 aliphatic heterocycles. The molecule has 0 aromatic carbocycles. The van der Waals surface area contributed by atoms with Gasteiger partial charge in [0.25, 0.3) is 0 Å². The van der Waals surface area contributed by atoms with Gasteiger partial charge < -0.3 is 10.0 Å². The van der Waals surface area contributed by atoms with E-state index in [0.29, 0.717) is 17.8 Å². The van der Waals surface area contributed by atoms with Crippen LogP contribution in [0.4, 0.5) is 5.69 Å². The lowest BCUT2D eigenvalue weighted by Gasteiger charge is -2.27. The topological polar surface area (TPSA) is 82.5 Å². The molecule has 0 unspecified atom stereocenters. The van der Waals surface area contributed by atoms with Crippen molar-refractivity contribution in [1.29, 1.82) is 0 Å². The lowest BCUT2D eigenvalue weighted by molar-refractivity contribution is -0.130. The highest BCUT2D eigenvalue weighted by molar-refractivity contribution is 6.02. The molecular formula is C12H15N3O3. The first-order valence-corrected chi connectivity index (χ1v) is 5.81. The number of rotatable bonds is 3. The fraction of sp³-hybridized carbons (Fsp3) is 0.417. The number of carbonyl (C=O) groups excluding carboxylic acids is 2. The van der Waals surface area contributed by atoms with Crippen molar-refractivity contribution in [3.05, 3.63) is 24.0 Å². The molecule has 1 aromatic rings. The molecule has 6 nitrogen and oxygen atoms in total. The summed E-state index contributed by atoms with van der Waals surface area (Å²) in [5, 5.41) is 11.9. The summed E-state index contributed by atoms with van der Waals surface area (Å²) in [7, 11) is 0. The van der Waals surface area contributed by atoms with Crippen LogP contribution in [0.1, 0.15) is 25.1 Å². The number of nitrogens with one attached hydrogen (secondary N) is 1. The zero-order valence-corrected chi connectivity index (χ0v) is 10.1. The number of aliphatic hydroxyl groups is 1. The number of pyridine rings is 1. The van der Waals surface area contributed by atoms with Gasteiger partial charge in [0, 0.05) is 0 Å². The smallest absolute Gasteiger partial charge is 0.246 e. The van der Waals surface area contributed by atoms with Crippen LogP contribution >= 0.6 is 0 Å². The summed E-state index contributed by atoms with van der Waals surface area (Å²) in [6.07, 6.45) is 1.59. The van der Waals surface area contributed by atoms with E-state index in [9.17, 15) is 14.7 Å². The number of piperazine rings is 1. The maximum absolute atomic E-state index is 11.2. The van der Waals surface area contributed by atoms with Crippen molar-refractivity contribution < 1.29 is 14.7 Å². The van der Waals surface area contributed by atoms with Crippen LogP contribution in [0.25, 0.3) is 0 Å². The molecule has 6 heteroatoms. The Morgan fingerprint density at radius 2 is 2.06 bits per heavy atom. The summed E-state index contributed by atoms with van der Waals surface area (Å²) in [5.74, 6) is -0.632. The first kappa shape index (κ1) is 12.5. The summed E-state index contributed by atoms with van der Waals surface area (Å²) < 4.78 is 0. The van der Waals surface area contributed by atoms with Gasteiger partial charge in [-0.2, -0.15) is 0 Å². The summed E-state index contributed by atoms with van der Waals surface area (Å²) in [6, 6.07) is 3.47. The summed E-state index contributed by atoms with van der Waals surface area (Å²) >= 11 is 0. The van der Waals surface area contributed by atoms with Crippen LogP contribution in [0.5, 0.6) is 0 Å². The molecule has 2 amide bonds. The highest BCUT2D eigenvalue weighted by Crippen LogP contribution is 2.18. The van der Waals surface area contributed by atoms with Crippen molar-refractivity contribution in [2.45, 2.75) is 19.4 Å². The Morgan fingerprint density at radius 1 is 1.39 bits per heavy atom. The molecule has 1 atom stereocenters. The van der Waals surface area contributed by atoms with Crippen molar-refractivity contribution >= 4 is 17.5 Å². The zero-order valence-electron chi connectivity index (χ0n) is 10.1. The van der Waals surface area contributed by atoms with Gasteiger partial charge >= 0.3 is 0 Å². The van der Waals surface area contributed by atoms with Gasteiger partial charge in [-0.15, -0.1) is 0 Å². The maximum Gasteiger partial charge on any atom is 0.246 e. The van der Waals surface area contributed by atoms with E-state index in [1.165, 1.54) is 0 Å². The zero-order chi connectivity index (χ0) is 13.1. The second kappa shape index (κ2) is 5.14. The van der Waals surface area contributed by atoms with Crippen LogP contribution in [-0.2, 0) is 9.59 Å². The van der Waals surface area contributed by atoms with Crippen molar-refractivity contribution in [3.63, 3.8) is 0 Å². The summed E-state index contributed by atoms with van der Waals surface area (Å²) in [6.45, 7) is 2.15. The van der Waals surface area contributed by atoms with Crippen LogP contribution < -0.4 is 10.2 Å². The lowest BCUT2D eigenvalue weighted by atomic mass is 10.2. The maximum atomic E-state index is 11.2. The second-order valence-corrected chi connectivity index (χ2v) is 4.19. The highest BCUT2D eigenvalue weighted by atomic mass is 16.3. The highest BCUT2D eigenvalue weighted by Gasteiger charge is 2.22. The number of carbonyl (C=O) groups is 2. The van der Waals surface area contributed by atoms with E-state index in [4.69, 9.17) is 0 Å². The molecule has 1 aromatic heterocycles. The predicted molar refractivity (Wildman–Crippen MR) is 64.9 cm³/mol. The minimum absolute atomic E-state index is 0.142. The number of nitrogens with zero attached hydrogens (tertiary/aromatic N) is 2. The Bertz CT molecular complexity index is 442. The molecule has 1 aliphatic rings. The first-order chi connectivity index (χ1) is 8.60. The molecule has 0 bridgehead atoms. The van der Waals surface area contributed by atoms with Crippen LogP contribution in [0.3, 0.4) is 0 Å². The Balaban J connectivity index is 2.14. The van der Waals surface area contributed by atoms with Gasteiger partial charge in [-0.1, -0.05) is 6.92 Å². The van der Waals surface area contributed by atoms with Gasteiger partial charge in [0.2, 0.25) is 11.8 Å². The van der Waals surface area contributed by atoms with Crippen molar-refractivity contribution in [3.8, 4) is 0 Å². The van der Waals surface area contributed by atoms with E-state index in [0.717, 1.165) is 0 Å². The number of imide groups is 1. The molecule has 2 rings (SSSR count). The van der Waals surface area contributed by atoms with E-state index < -0.39 is 6.10 Å². The van der Waals surface area contributed by atoms with Gasteiger partial charge in [-0.05, 0) is 18.6 Å². The molecule has 0 spiro atoms. The van der Waals surface area contributed by atoms with Gasteiger partial charge in [0.1, 0.15) is 0 Å². The van der Waals surface area contributed by atoms with Crippen molar-refractivity contribution in [1.82, 2.24) is 10.3 Å². The monoisotopic (exact) mass is 249 g/mol. The fourth-order valence-electron chi connectivity index (χ4n) is 1.81. The molecule has 2 N–H and O–H groups in total. The Hall–Kier alpha value is -1.95. The molecule has 0 radical (unpaired) electrons. The molecule has 96 valence electrons. The minimum atomic E-state index is -0.578. The van der Waals surface area contributed by atoms with Gasteiger partial charge in [-0.25, -0.2) is 0 Å². The number of anilines is 1. The van der Waals surface area contributed by atoms with E-state index >= 15 is 0 Å². The predicted octanol–water partition coefficient (Wildman–Crippen LogP) is -0.0122. The Morgan fingerprint density at radius 3 is 2.56 bits per heavy atom. The molecular weight excluding hydrogens is 234 g/mol. The molecule has 2 heterocycles. The molecule has 18 heavy (non-hydrogen) atoms. The summed E-state index contributed by atoms with van der Waals surface area (Å²) in [4.78, 5) is 28.3. The molecule has 1 saturated heterocycles. The third-order valence-corrected chi connectivity index (χ3v) is 2.81. The van der Waals surface area contributed by atoms with E-state index in [-0.39, 0.29) is 24.9 Å². The van der Waals surface area contributed by atoms with Gasteiger partial charge in [0.05, 0.1) is 36.8 Å². The van der Waals surface area contributed by atoms with Crippen LogP contribution in [0, 0.1) is 0 Å². The van der Waals surface area contributed by atoms with E-state index in [1.807, 2.05) is 6.92 Å². The second-order valence-electron chi connectivity index (χ2n) is 4.19. The van der Waals surface area contributed by atoms with Crippen molar-refractivity contribution in [2.24, 2.45) is 0 Å². The molecule has 0 aliphatic carbocycles. The number of aliphatic hydroxyl groups excluding tert-OH is 1. The average molecular weight is 249 g/mol. The number of aromatic nitrogens is 1. The van der Waals surface area contributed by atoms with E-state index in [2.05, 4.69) is 10.3 Å². The summed E-state index contributed by atoms with van der Waals surface area (Å²) in [5.41, 5.74) is 1.29. The average Bonchev–Trinajstić information content (AvgIpc) is 2.37. The minimum Gasteiger partial charge on any atom is -0.387 e. The third kappa shape index (κ3) is 2.65. The Kier molecular flexibility index (Phi) is 3.57. The normalized spacial score (nSPS) is 17.6. The quantitative estimate of drug-likeness (QED) is 0.736. The standard InChI is InChI=1S/C12H15N3O3/c1-2-10(16)9-4-3-8(5-13-9)15-6-11(17)14-12(18)7-15/h3-5,10,16H,2,6-7H2,1H3,(H,14,17,18)/t10-/m0/s1. The molecule has 0 saturated carbocycles. The number of amides is 2. The fourth-order valence-corrected chi connectivity index (χ4v) is 1.81. The van der Waals surface area contributed by atoms with Gasteiger partial charge in [-0.3, -0.25) is 19.9 Å². The third-order valence-electron chi connectivity index (χ3n) is 2.81. The van der Waals surface area contributed by atoms with Crippen molar-refractivity contribution in [2.75, 3.05) is 18.0 Å². The SMILES string of the molecule is CC[C@H](O)c1ccc(N2CC(=O)NC(=O)C2)cn1. The Labute approximate surface area is 105 Å². The largest absolute Gasteiger partial charge is 0.387 e. The van der Waals surface area contributed by atoms with Gasteiger partial charge in [0.15, 0.2) is 0 Å². The number of hydrogen-bond acceptors (Lipinski definition) is 5.